The molecule has 2 aromatic carbocycles. The zero-order valence-corrected chi connectivity index (χ0v) is 37.4. The molecular formula is C48H79NO12. The summed E-state index contributed by atoms with van der Waals surface area (Å²) >= 11 is 0. The van der Waals surface area contributed by atoms with Gasteiger partial charge in [-0.1, -0.05) is 113 Å². The lowest BCUT2D eigenvalue weighted by molar-refractivity contribution is -0.0264. The van der Waals surface area contributed by atoms with E-state index in [9.17, 15) is 4.79 Å². The van der Waals surface area contributed by atoms with Gasteiger partial charge < -0.3 is 57.4 Å². The first kappa shape index (κ1) is 52.7. The van der Waals surface area contributed by atoms with Gasteiger partial charge in [0.1, 0.15) is 6.61 Å². The smallest absolute Gasteiger partial charge is 0.407 e. The summed E-state index contributed by atoms with van der Waals surface area (Å²) in [6, 6.07) is 16.6. The van der Waals surface area contributed by atoms with E-state index < -0.39 is 6.09 Å². The fraction of sp³-hybridized carbons (Fsp3) is 0.729. The van der Waals surface area contributed by atoms with Gasteiger partial charge in [0.05, 0.1) is 119 Å². The highest BCUT2D eigenvalue weighted by Crippen LogP contribution is 2.44. The van der Waals surface area contributed by atoms with Crippen molar-refractivity contribution in [3.63, 3.8) is 0 Å². The first-order valence-corrected chi connectivity index (χ1v) is 23.2. The maximum Gasteiger partial charge on any atom is 0.407 e. The number of unbranched alkanes of at least 4 members (excludes halogenated alkanes) is 9. The third kappa shape index (κ3) is 27.2. The van der Waals surface area contributed by atoms with Crippen molar-refractivity contribution in [2.75, 3.05) is 145 Å². The lowest BCUT2D eigenvalue weighted by atomic mass is 9.98. The minimum Gasteiger partial charge on any atom is -0.449 e. The van der Waals surface area contributed by atoms with Gasteiger partial charge in [-0.25, -0.2) is 4.79 Å². The number of hydrogen-bond donors (Lipinski definition) is 1. The molecule has 0 spiro atoms. The Balaban J connectivity index is 0.915. The summed E-state index contributed by atoms with van der Waals surface area (Å²) in [5.74, 6) is 0.0509. The van der Waals surface area contributed by atoms with Crippen LogP contribution in [-0.4, -0.2) is 151 Å². The number of alkyl carbamates (subject to hydrolysis) is 1. The second kappa shape index (κ2) is 38.9. The van der Waals surface area contributed by atoms with Crippen LogP contribution in [-0.2, 0) is 52.1 Å². The molecular weight excluding hydrogens is 783 g/mol. The molecule has 13 nitrogen and oxygen atoms in total. The molecule has 0 unspecified atom stereocenters. The minimum absolute atomic E-state index is 0.0509. The Morgan fingerprint density at radius 2 is 0.721 bits per heavy atom. The maximum atomic E-state index is 12.3. The first-order chi connectivity index (χ1) is 30.3. The van der Waals surface area contributed by atoms with E-state index in [-0.39, 0.29) is 5.92 Å². The molecule has 0 heterocycles. The van der Waals surface area contributed by atoms with E-state index in [1.165, 1.54) is 80.0 Å². The highest BCUT2D eigenvalue weighted by Gasteiger charge is 2.29. The lowest BCUT2D eigenvalue weighted by Crippen LogP contribution is -2.27. The highest BCUT2D eigenvalue weighted by molar-refractivity contribution is 5.79. The Morgan fingerprint density at radius 1 is 0.410 bits per heavy atom. The molecule has 1 amide bonds. The van der Waals surface area contributed by atoms with E-state index in [1.807, 2.05) is 24.3 Å². The molecule has 0 aromatic heterocycles. The summed E-state index contributed by atoms with van der Waals surface area (Å²) in [6.45, 7) is 13.8. The molecule has 0 saturated heterocycles. The fourth-order valence-electron chi connectivity index (χ4n) is 6.79. The Kier molecular flexibility index (Phi) is 33.6. The van der Waals surface area contributed by atoms with Crippen molar-refractivity contribution in [1.82, 2.24) is 5.32 Å². The van der Waals surface area contributed by atoms with Gasteiger partial charge in [0.15, 0.2) is 0 Å². The van der Waals surface area contributed by atoms with E-state index in [2.05, 4.69) is 36.5 Å². The Morgan fingerprint density at radius 3 is 1.10 bits per heavy atom. The predicted octanol–water partition coefficient (Wildman–Crippen LogP) is 8.00. The van der Waals surface area contributed by atoms with Gasteiger partial charge in [-0.05, 0) is 35.1 Å². The molecule has 61 heavy (non-hydrogen) atoms. The quantitative estimate of drug-likeness (QED) is 0.0648. The molecule has 0 saturated carbocycles. The molecule has 348 valence electrons. The van der Waals surface area contributed by atoms with E-state index in [0.29, 0.717) is 145 Å². The summed E-state index contributed by atoms with van der Waals surface area (Å²) in [5.41, 5.74) is 4.82. The molecule has 1 N–H and O–H groups in total. The van der Waals surface area contributed by atoms with Crippen LogP contribution in [0.25, 0.3) is 11.1 Å². The Hall–Kier alpha value is -2.69. The van der Waals surface area contributed by atoms with Gasteiger partial charge in [-0.15, -0.1) is 0 Å². The molecule has 13 heteroatoms. The third-order valence-corrected chi connectivity index (χ3v) is 10.1. The Labute approximate surface area is 367 Å². The van der Waals surface area contributed by atoms with Crippen molar-refractivity contribution >= 4 is 6.09 Å². The molecule has 0 radical (unpaired) electrons. The molecule has 0 aliphatic heterocycles. The number of amides is 1. The second-order valence-corrected chi connectivity index (χ2v) is 14.9. The van der Waals surface area contributed by atoms with Gasteiger partial charge in [0, 0.05) is 25.7 Å². The lowest BCUT2D eigenvalue weighted by Gasteiger charge is -2.14. The average Bonchev–Trinajstić information content (AvgIpc) is 3.60. The summed E-state index contributed by atoms with van der Waals surface area (Å²) in [6.07, 6.45) is 13.7. The highest BCUT2D eigenvalue weighted by atomic mass is 16.6. The van der Waals surface area contributed by atoms with Crippen LogP contribution in [0.4, 0.5) is 4.79 Å². The monoisotopic (exact) mass is 862 g/mol. The number of carbonyl (C=O) groups excluding carboxylic acids is 1. The number of carbonyl (C=O) groups is 1. The van der Waals surface area contributed by atoms with Crippen LogP contribution < -0.4 is 5.32 Å². The summed E-state index contributed by atoms with van der Waals surface area (Å²) in [4.78, 5) is 12.3. The van der Waals surface area contributed by atoms with Crippen LogP contribution in [0.5, 0.6) is 0 Å². The molecule has 1 aliphatic rings. The summed E-state index contributed by atoms with van der Waals surface area (Å²) in [5, 5.41) is 2.81. The summed E-state index contributed by atoms with van der Waals surface area (Å²) < 4.78 is 61.1. The molecule has 1 aliphatic carbocycles. The Bertz CT molecular complexity index is 1260. The van der Waals surface area contributed by atoms with Crippen molar-refractivity contribution in [1.29, 1.82) is 0 Å². The summed E-state index contributed by atoms with van der Waals surface area (Å²) in [7, 11) is 0. The van der Waals surface area contributed by atoms with E-state index in [4.69, 9.17) is 52.1 Å². The number of ether oxygens (including phenoxy) is 11. The molecule has 0 fully saturated rings. The van der Waals surface area contributed by atoms with Gasteiger partial charge >= 0.3 is 6.09 Å². The number of benzene rings is 2. The van der Waals surface area contributed by atoms with E-state index >= 15 is 0 Å². The van der Waals surface area contributed by atoms with E-state index in [1.54, 1.807) is 0 Å². The number of hydrogen-bond acceptors (Lipinski definition) is 12. The van der Waals surface area contributed by atoms with Crippen molar-refractivity contribution in [3.05, 3.63) is 59.7 Å². The van der Waals surface area contributed by atoms with Crippen LogP contribution >= 0.6 is 0 Å². The normalized spacial score (nSPS) is 12.2. The van der Waals surface area contributed by atoms with Crippen LogP contribution in [0.2, 0.25) is 0 Å². The van der Waals surface area contributed by atoms with Crippen molar-refractivity contribution in [3.8, 4) is 11.1 Å². The van der Waals surface area contributed by atoms with Crippen molar-refractivity contribution in [2.24, 2.45) is 0 Å². The third-order valence-electron chi connectivity index (χ3n) is 10.1. The van der Waals surface area contributed by atoms with Gasteiger partial charge in [-0.2, -0.15) is 0 Å². The van der Waals surface area contributed by atoms with Crippen LogP contribution in [0, 0.1) is 0 Å². The van der Waals surface area contributed by atoms with Crippen molar-refractivity contribution < 1.29 is 56.9 Å². The van der Waals surface area contributed by atoms with Gasteiger partial charge in [-0.3, -0.25) is 0 Å². The van der Waals surface area contributed by atoms with Crippen LogP contribution in [0.3, 0.4) is 0 Å². The molecule has 0 bridgehead atoms. The van der Waals surface area contributed by atoms with Gasteiger partial charge in [0.25, 0.3) is 0 Å². The molecule has 0 atom stereocenters. The number of nitrogens with one attached hydrogen (secondary N) is 1. The number of rotatable bonds is 44. The average molecular weight is 862 g/mol. The zero-order valence-electron chi connectivity index (χ0n) is 37.4. The van der Waals surface area contributed by atoms with Crippen molar-refractivity contribution in [2.45, 2.75) is 83.5 Å². The van der Waals surface area contributed by atoms with Crippen LogP contribution in [0.1, 0.15) is 94.6 Å². The topological polar surface area (TPSA) is 131 Å². The standard InChI is InChI=1S/C48H79NO12/c1-2-3-4-5-6-7-8-9-10-15-22-51-24-26-53-28-30-55-32-34-57-36-38-59-40-41-60-39-37-58-35-33-56-31-29-54-27-25-52-23-16-21-49-48(50)61-42-47-45-19-13-11-17-43(45)44-18-12-14-20-46(44)47/h11-14,17-20,47H,2-10,15-16,21-42H2,1H3,(H,49,50). The van der Waals surface area contributed by atoms with E-state index in [0.717, 1.165) is 13.0 Å². The van der Waals surface area contributed by atoms with Gasteiger partial charge in [0.2, 0.25) is 0 Å². The largest absolute Gasteiger partial charge is 0.449 e. The second-order valence-electron chi connectivity index (χ2n) is 14.9. The fourth-order valence-corrected chi connectivity index (χ4v) is 6.79. The van der Waals surface area contributed by atoms with Crippen LogP contribution in [0.15, 0.2) is 48.5 Å². The number of fused-ring (bicyclic) bond motifs is 3. The minimum atomic E-state index is -0.412. The predicted molar refractivity (Wildman–Crippen MR) is 238 cm³/mol. The zero-order chi connectivity index (χ0) is 42.9. The first-order valence-electron chi connectivity index (χ1n) is 23.2. The molecule has 3 rings (SSSR count). The maximum absolute atomic E-state index is 12.3. The SMILES string of the molecule is CCCCCCCCCCCCOCCOCCOCCOCCOCCOCCOCCOCCOCCOCCCNC(=O)OCC1c2ccccc2-c2ccccc21. The molecule has 2 aromatic rings.